The summed E-state index contributed by atoms with van der Waals surface area (Å²) in [7, 11) is -3.18. The molecule has 1 aromatic rings. The molecule has 2 radical (unpaired) electrons. The van der Waals surface area contributed by atoms with Crippen molar-refractivity contribution in [2.45, 2.75) is 32.6 Å². The molecule has 0 aromatic heterocycles. The molecule has 98 valence electrons. The van der Waals surface area contributed by atoms with Crippen molar-refractivity contribution in [3.05, 3.63) is 41.9 Å². The maximum atomic E-state index is 12.1. The molecule has 0 atom stereocenters. The highest BCUT2D eigenvalue weighted by Gasteiger charge is 2.26. The van der Waals surface area contributed by atoms with Crippen molar-refractivity contribution in [2.24, 2.45) is 0 Å². The third-order valence-corrected chi connectivity index (χ3v) is 4.94. The maximum Gasteiger partial charge on any atom is 0.215 e. The van der Waals surface area contributed by atoms with Crippen LogP contribution in [0.25, 0.3) is 0 Å². The van der Waals surface area contributed by atoms with Gasteiger partial charge in [-0.1, -0.05) is 44.0 Å². The number of sulfonamides is 1. The van der Waals surface area contributed by atoms with E-state index in [2.05, 4.69) is 13.5 Å². The van der Waals surface area contributed by atoms with E-state index in [1.54, 1.807) is 0 Å². The fourth-order valence-corrected chi connectivity index (χ4v) is 3.51. The average Bonchev–Trinajstić information content (AvgIpc) is 2.38. The quantitative estimate of drug-likeness (QED) is 0.767. The van der Waals surface area contributed by atoms with E-state index in [9.17, 15) is 8.42 Å². The fraction of sp³-hybridized carbons (Fsp3) is 0.500. The van der Waals surface area contributed by atoms with Gasteiger partial charge in [0.05, 0.1) is 5.75 Å². The van der Waals surface area contributed by atoms with Gasteiger partial charge in [0.15, 0.2) is 0 Å². The van der Waals surface area contributed by atoms with Crippen LogP contribution in [0.2, 0.25) is 0 Å². The molecule has 0 aliphatic carbocycles. The number of hydrogen-bond acceptors (Lipinski definition) is 2. The van der Waals surface area contributed by atoms with Crippen LogP contribution in [0.3, 0.4) is 0 Å². The molecule has 3 nitrogen and oxygen atoms in total. The second-order valence-electron chi connectivity index (χ2n) is 4.61. The Kier molecular flexibility index (Phi) is 4.40. The van der Waals surface area contributed by atoms with Gasteiger partial charge in [0.2, 0.25) is 10.0 Å². The standard InChI is InChI=1S/C14H19NO2S/c1-2-3-6-11-18(16,17)15-10-9-13-7-4-5-8-14(13)12-15/h4-5,7-8H,2-3,6,9-11H2,1H3. The summed E-state index contributed by atoms with van der Waals surface area (Å²) in [5.74, 6) is 0.232. The first-order valence-corrected chi connectivity index (χ1v) is 8.09. The summed E-state index contributed by atoms with van der Waals surface area (Å²) >= 11 is 0. The monoisotopic (exact) mass is 265 g/mol. The van der Waals surface area contributed by atoms with Crippen molar-refractivity contribution in [1.29, 1.82) is 0 Å². The van der Waals surface area contributed by atoms with Crippen LogP contribution in [0, 0.1) is 6.54 Å². The molecular formula is C14H19NO2S. The van der Waals surface area contributed by atoms with Gasteiger partial charge in [0, 0.05) is 6.54 Å². The third kappa shape index (κ3) is 3.12. The van der Waals surface area contributed by atoms with E-state index in [0.29, 0.717) is 6.54 Å². The minimum absolute atomic E-state index is 0.232. The van der Waals surface area contributed by atoms with E-state index in [1.807, 2.05) is 24.3 Å². The number of rotatable bonds is 5. The minimum atomic E-state index is -3.18. The summed E-state index contributed by atoms with van der Waals surface area (Å²) in [5.41, 5.74) is 2.08. The summed E-state index contributed by atoms with van der Waals surface area (Å²) in [5, 5.41) is 0. The van der Waals surface area contributed by atoms with Crippen LogP contribution in [0.5, 0.6) is 0 Å². The van der Waals surface area contributed by atoms with Crippen LogP contribution in [0.4, 0.5) is 0 Å². The molecule has 18 heavy (non-hydrogen) atoms. The Hall–Kier alpha value is -0.870. The van der Waals surface area contributed by atoms with E-state index in [1.165, 1.54) is 9.87 Å². The van der Waals surface area contributed by atoms with Gasteiger partial charge in [0.25, 0.3) is 0 Å². The lowest BCUT2D eigenvalue weighted by Gasteiger charge is -2.26. The van der Waals surface area contributed by atoms with E-state index >= 15 is 0 Å². The van der Waals surface area contributed by atoms with Crippen LogP contribution >= 0.6 is 0 Å². The van der Waals surface area contributed by atoms with Gasteiger partial charge < -0.3 is 0 Å². The van der Waals surface area contributed by atoms with Gasteiger partial charge >= 0.3 is 0 Å². The highest BCUT2D eigenvalue weighted by Crippen LogP contribution is 2.23. The van der Waals surface area contributed by atoms with Crippen molar-refractivity contribution < 1.29 is 8.42 Å². The predicted octanol–water partition coefficient (Wildman–Crippen LogP) is 2.45. The summed E-state index contributed by atoms with van der Waals surface area (Å²) in [6.07, 6.45) is 3.50. The van der Waals surface area contributed by atoms with Gasteiger partial charge in [-0.05, 0) is 24.0 Å². The van der Waals surface area contributed by atoms with Crippen LogP contribution in [-0.2, 0) is 16.4 Å². The van der Waals surface area contributed by atoms with E-state index in [-0.39, 0.29) is 5.75 Å². The molecular weight excluding hydrogens is 246 g/mol. The number of hydrogen-bond donors (Lipinski definition) is 0. The van der Waals surface area contributed by atoms with Crippen LogP contribution < -0.4 is 0 Å². The average molecular weight is 265 g/mol. The van der Waals surface area contributed by atoms with Gasteiger partial charge in [-0.15, -0.1) is 0 Å². The number of benzene rings is 1. The molecule has 1 aliphatic rings. The lowest BCUT2D eigenvalue weighted by Crippen LogP contribution is -2.36. The normalized spacial score (nSPS) is 16.5. The summed E-state index contributed by atoms with van der Waals surface area (Å²) in [4.78, 5) is 0. The molecule has 0 spiro atoms. The van der Waals surface area contributed by atoms with Crippen molar-refractivity contribution >= 4 is 10.0 Å². The minimum Gasteiger partial charge on any atom is -0.212 e. The van der Waals surface area contributed by atoms with Crippen molar-refractivity contribution in [3.8, 4) is 0 Å². The summed E-state index contributed by atoms with van der Waals surface area (Å²) < 4.78 is 25.7. The largest absolute Gasteiger partial charge is 0.215 e. The maximum absolute atomic E-state index is 12.1. The molecule has 0 fully saturated rings. The van der Waals surface area contributed by atoms with Crippen LogP contribution in [0.1, 0.15) is 37.3 Å². The Morgan fingerprint density at radius 3 is 2.83 bits per heavy atom. The highest BCUT2D eigenvalue weighted by atomic mass is 32.2. The van der Waals surface area contributed by atoms with Gasteiger partial charge in [-0.25, -0.2) is 8.42 Å². The second kappa shape index (κ2) is 5.85. The Labute approximate surface area is 110 Å². The smallest absolute Gasteiger partial charge is 0.212 e. The van der Waals surface area contributed by atoms with Gasteiger partial charge in [-0.2, -0.15) is 4.31 Å². The third-order valence-electron chi connectivity index (χ3n) is 3.19. The molecule has 0 amide bonds. The molecule has 0 saturated heterocycles. The van der Waals surface area contributed by atoms with Crippen LogP contribution in [-0.4, -0.2) is 25.0 Å². The lowest BCUT2D eigenvalue weighted by molar-refractivity contribution is 0.464. The predicted molar refractivity (Wildman–Crippen MR) is 72.5 cm³/mol. The lowest BCUT2D eigenvalue weighted by atomic mass is 10.0. The molecule has 0 unspecified atom stereocenters. The topological polar surface area (TPSA) is 37.4 Å². The summed E-state index contributed by atoms with van der Waals surface area (Å²) in [6, 6.07) is 7.84. The Morgan fingerprint density at radius 1 is 1.28 bits per heavy atom. The van der Waals surface area contributed by atoms with Crippen molar-refractivity contribution in [2.75, 3.05) is 12.3 Å². The number of unbranched alkanes of at least 4 members (excludes halogenated alkanes) is 2. The molecule has 1 heterocycles. The first-order valence-electron chi connectivity index (χ1n) is 6.48. The highest BCUT2D eigenvalue weighted by molar-refractivity contribution is 7.89. The first kappa shape index (κ1) is 13.6. The molecule has 0 saturated carbocycles. The second-order valence-corrected chi connectivity index (χ2v) is 6.63. The van der Waals surface area contributed by atoms with E-state index in [0.717, 1.165) is 31.2 Å². The van der Waals surface area contributed by atoms with Gasteiger partial charge in [-0.3, -0.25) is 0 Å². The zero-order valence-corrected chi connectivity index (χ0v) is 11.5. The van der Waals surface area contributed by atoms with Gasteiger partial charge in [0.1, 0.15) is 6.54 Å². The number of fused-ring (bicyclic) bond motifs is 1. The molecule has 0 N–H and O–H groups in total. The zero-order valence-electron chi connectivity index (χ0n) is 10.7. The fourth-order valence-electron chi connectivity index (χ4n) is 2.11. The van der Waals surface area contributed by atoms with Crippen LogP contribution in [0.15, 0.2) is 24.3 Å². The molecule has 4 heteroatoms. The van der Waals surface area contributed by atoms with Crippen molar-refractivity contribution in [3.63, 3.8) is 0 Å². The van der Waals surface area contributed by atoms with E-state index in [4.69, 9.17) is 0 Å². The Morgan fingerprint density at radius 2 is 2.06 bits per heavy atom. The zero-order chi connectivity index (χ0) is 13.0. The van der Waals surface area contributed by atoms with Crippen molar-refractivity contribution in [1.82, 2.24) is 4.31 Å². The molecule has 0 bridgehead atoms. The summed E-state index contributed by atoms with van der Waals surface area (Å²) in [6.45, 7) is 5.60. The number of nitrogens with zero attached hydrogens (tertiary/aromatic N) is 1. The SMILES string of the molecule is CCCCCS(=O)(=O)N1[C]c2ccccc2CC1. The first-order chi connectivity index (χ1) is 8.63. The Bertz CT molecular complexity index is 496. The van der Waals surface area contributed by atoms with E-state index < -0.39 is 10.0 Å². The molecule has 2 rings (SSSR count). The molecule has 1 aliphatic heterocycles. The molecule has 1 aromatic carbocycles. The Balaban J connectivity index is 2.04.